The van der Waals surface area contributed by atoms with Gasteiger partial charge in [0, 0.05) is 12.6 Å². The minimum atomic E-state index is -0.963. The van der Waals surface area contributed by atoms with Crippen LogP contribution in [0.2, 0.25) is 0 Å². The Morgan fingerprint density at radius 2 is 2.19 bits per heavy atom. The number of ether oxygens (including phenoxy) is 1. The number of carbonyl (C=O) groups is 1. The Balaban J connectivity index is 1.75. The monoisotopic (exact) mass is 448 g/mol. The highest BCUT2D eigenvalue weighted by Crippen LogP contribution is 2.23. The molecule has 166 valence electrons. The fourth-order valence-electron chi connectivity index (χ4n) is 2.75. The Morgan fingerprint density at radius 1 is 1.39 bits per heavy atom. The highest BCUT2D eigenvalue weighted by Gasteiger charge is 2.15. The molecule has 3 aromatic heterocycles. The van der Waals surface area contributed by atoms with E-state index in [2.05, 4.69) is 19.9 Å². The lowest BCUT2D eigenvalue weighted by atomic mass is 10.3. The van der Waals surface area contributed by atoms with Crippen LogP contribution in [0, 0.1) is 0 Å². The lowest BCUT2D eigenvalue weighted by Gasteiger charge is -2.09. The molecule has 3 aromatic rings. The van der Waals surface area contributed by atoms with Crippen molar-refractivity contribution in [3.63, 3.8) is 0 Å². The van der Waals surface area contributed by atoms with Crippen LogP contribution >= 0.6 is 11.8 Å². The summed E-state index contributed by atoms with van der Waals surface area (Å²) in [5.41, 5.74) is 6.12. The number of nitrogens with two attached hydrogens (primary N) is 1. The summed E-state index contributed by atoms with van der Waals surface area (Å²) in [6, 6.07) is 3.59. The number of carboxylic acid groups (broad SMARTS) is 1. The average Bonchev–Trinajstić information content (AvgIpc) is 3.04. The molecule has 12 heteroatoms. The van der Waals surface area contributed by atoms with E-state index in [-0.39, 0.29) is 36.9 Å². The van der Waals surface area contributed by atoms with E-state index >= 15 is 0 Å². The van der Waals surface area contributed by atoms with Crippen molar-refractivity contribution in [1.82, 2.24) is 24.5 Å². The number of H-pyrrole nitrogens is 1. The zero-order valence-corrected chi connectivity index (χ0v) is 17.8. The van der Waals surface area contributed by atoms with Gasteiger partial charge < -0.3 is 25.7 Å². The SMILES string of the molecule is CCCCOc1nc(N)c2[nH]c(=O)n(Cc3ccc(SC(O)CCC(=O)O)nc3)c2n1. The number of nitrogen functional groups attached to an aromatic ring is 1. The molecule has 0 aliphatic rings. The number of aliphatic carboxylic acids is 1. The number of pyridine rings is 1. The van der Waals surface area contributed by atoms with Gasteiger partial charge in [0.2, 0.25) is 0 Å². The number of rotatable bonds is 11. The number of aromatic nitrogens is 5. The maximum atomic E-state index is 12.4. The molecule has 0 spiro atoms. The van der Waals surface area contributed by atoms with Crippen LogP contribution in [0.1, 0.15) is 38.2 Å². The van der Waals surface area contributed by atoms with Crippen LogP contribution in [0.25, 0.3) is 11.2 Å². The first-order valence-corrected chi connectivity index (χ1v) is 10.7. The average molecular weight is 449 g/mol. The Labute approximate surface area is 181 Å². The zero-order valence-electron chi connectivity index (χ0n) is 16.9. The molecular formula is C19H24N6O5S. The van der Waals surface area contributed by atoms with Gasteiger partial charge in [-0.05, 0) is 24.5 Å². The van der Waals surface area contributed by atoms with E-state index in [1.165, 1.54) is 4.57 Å². The fourth-order valence-corrected chi connectivity index (χ4v) is 3.53. The number of unbranched alkanes of at least 4 members (excludes halogenated alkanes) is 1. The molecule has 31 heavy (non-hydrogen) atoms. The predicted molar refractivity (Wildman–Crippen MR) is 115 cm³/mol. The summed E-state index contributed by atoms with van der Waals surface area (Å²) in [6.07, 6.45) is 3.40. The number of nitrogens with zero attached hydrogens (tertiary/aromatic N) is 4. The Morgan fingerprint density at radius 3 is 2.87 bits per heavy atom. The summed E-state index contributed by atoms with van der Waals surface area (Å²) in [5.74, 6) is -0.830. The summed E-state index contributed by atoms with van der Waals surface area (Å²) in [6.45, 7) is 2.70. The number of aliphatic hydroxyl groups is 1. The van der Waals surface area contributed by atoms with Crippen molar-refractivity contribution in [2.75, 3.05) is 12.3 Å². The van der Waals surface area contributed by atoms with Gasteiger partial charge in [0.1, 0.15) is 11.0 Å². The quantitative estimate of drug-likeness (QED) is 0.192. The van der Waals surface area contributed by atoms with Gasteiger partial charge in [0.05, 0.1) is 18.2 Å². The molecule has 0 aliphatic heterocycles. The molecule has 11 nitrogen and oxygen atoms in total. The topological polar surface area (TPSA) is 169 Å². The highest BCUT2D eigenvalue weighted by molar-refractivity contribution is 7.99. The second kappa shape index (κ2) is 10.3. The van der Waals surface area contributed by atoms with E-state index in [9.17, 15) is 14.7 Å². The number of fused-ring (bicyclic) bond motifs is 1. The normalized spacial score (nSPS) is 12.2. The van der Waals surface area contributed by atoms with E-state index in [1.54, 1.807) is 18.3 Å². The van der Waals surface area contributed by atoms with Crippen LogP contribution in [0.3, 0.4) is 0 Å². The van der Waals surface area contributed by atoms with Crippen molar-refractivity contribution in [3.8, 4) is 6.01 Å². The molecule has 5 N–H and O–H groups in total. The van der Waals surface area contributed by atoms with Gasteiger partial charge in [-0.2, -0.15) is 9.97 Å². The number of aliphatic hydroxyl groups excluding tert-OH is 1. The number of nitrogens with one attached hydrogen (secondary N) is 1. The first-order chi connectivity index (χ1) is 14.9. The van der Waals surface area contributed by atoms with Gasteiger partial charge in [0.25, 0.3) is 0 Å². The molecule has 0 radical (unpaired) electrons. The van der Waals surface area contributed by atoms with E-state index in [0.29, 0.717) is 22.8 Å². The molecule has 0 bridgehead atoms. The van der Waals surface area contributed by atoms with Gasteiger partial charge >= 0.3 is 17.7 Å². The molecular weight excluding hydrogens is 424 g/mol. The summed E-state index contributed by atoms with van der Waals surface area (Å²) >= 11 is 1.07. The van der Waals surface area contributed by atoms with Crippen LogP contribution in [0.5, 0.6) is 6.01 Å². The molecule has 0 aliphatic carbocycles. The number of anilines is 1. The molecule has 0 fully saturated rings. The first kappa shape index (κ1) is 22.6. The fraction of sp³-hybridized carbons (Fsp3) is 0.421. The minimum absolute atomic E-state index is 0.117. The first-order valence-electron chi connectivity index (χ1n) is 9.77. The molecule has 1 atom stereocenters. The van der Waals surface area contributed by atoms with E-state index in [1.807, 2.05) is 6.92 Å². The standard InChI is InChI=1S/C19H24N6O5S/c1-2-3-8-30-18-23-16(20)15-17(24-18)25(19(29)22-15)10-11-4-5-12(21-9-11)31-14(28)7-6-13(26)27/h4-5,9,14,28H,2-3,6-8,10H2,1H3,(H,22,29)(H,26,27)(H2,20,23,24). The minimum Gasteiger partial charge on any atom is -0.481 e. The molecule has 0 aromatic carbocycles. The van der Waals surface area contributed by atoms with E-state index < -0.39 is 11.4 Å². The zero-order chi connectivity index (χ0) is 22.4. The summed E-state index contributed by atoms with van der Waals surface area (Å²) in [7, 11) is 0. The second-order valence-electron chi connectivity index (χ2n) is 6.82. The Hall–Kier alpha value is -3.12. The third-order valence-corrected chi connectivity index (χ3v) is 5.35. The van der Waals surface area contributed by atoms with Gasteiger partial charge in [-0.15, -0.1) is 0 Å². The Bertz CT molecular complexity index is 1100. The largest absolute Gasteiger partial charge is 0.481 e. The van der Waals surface area contributed by atoms with Gasteiger partial charge in [-0.25, -0.2) is 9.78 Å². The molecule has 0 saturated heterocycles. The van der Waals surface area contributed by atoms with Crippen molar-refractivity contribution in [3.05, 3.63) is 34.4 Å². The maximum Gasteiger partial charge on any atom is 0.328 e. The van der Waals surface area contributed by atoms with Crippen molar-refractivity contribution < 1.29 is 19.7 Å². The van der Waals surface area contributed by atoms with Crippen LogP contribution in [-0.2, 0) is 11.3 Å². The summed E-state index contributed by atoms with van der Waals surface area (Å²) in [4.78, 5) is 38.4. The van der Waals surface area contributed by atoms with Crippen LogP contribution in [0.4, 0.5) is 5.82 Å². The second-order valence-corrected chi connectivity index (χ2v) is 8.02. The molecule has 3 rings (SSSR count). The summed E-state index contributed by atoms with van der Waals surface area (Å²) in [5, 5.41) is 19.1. The lowest BCUT2D eigenvalue weighted by molar-refractivity contribution is -0.137. The number of thioether (sulfide) groups is 1. The number of hydrogen-bond acceptors (Lipinski definition) is 9. The third kappa shape index (κ3) is 5.95. The van der Waals surface area contributed by atoms with Crippen LogP contribution in [-0.4, -0.2) is 52.7 Å². The van der Waals surface area contributed by atoms with Crippen LogP contribution < -0.4 is 16.2 Å². The molecule has 1 unspecified atom stereocenters. The molecule has 0 amide bonds. The highest BCUT2D eigenvalue weighted by atomic mass is 32.2. The van der Waals surface area contributed by atoms with Crippen molar-refractivity contribution >= 4 is 34.7 Å². The van der Waals surface area contributed by atoms with E-state index in [0.717, 1.165) is 30.2 Å². The smallest absolute Gasteiger partial charge is 0.328 e. The van der Waals surface area contributed by atoms with Crippen molar-refractivity contribution in [2.24, 2.45) is 0 Å². The summed E-state index contributed by atoms with van der Waals surface area (Å²) < 4.78 is 6.95. The number of imidazole rings is 1. The number of carboxylic acids is 1. The predicted octanol–water partition coefficient (Wildman–Crippen LogP) is 1.60. The van der Waals surface area contributed by atoms with Crippen LogP contribution in [0.15, 0.2) is 28.2 Å². The van der Waals surface area contributed by atoms with Gasteiger partial charge in [0.15, 0.2) is 11.5 Å². The third-order valence-electron chi connectivity index (χ3n) is 4.36. The van der Waals surface area contributed by atoms with Crippen molar-refractivity contribution in [1.29, 1.82) is 0 Å². The number of aromatic amines is 1. The van der Waals surface area contributed by atoms with E-state index in [4.69, 9.17) is 15.6 Å². The molecule has 0 saturated carbocycles. The Kier molecular flexibility index (Phi) is 7.47. The number of hydrogen-bond donors (Lipinski definition) is 4. The van der Waals surface area contributed by atoms with Gasteiger partial charge in [-0.3, -0.25) is 9.36 Å². The molecule has 3 heterocycles. The lowest BCUT2D eigenvalue weighted by Crippen LogP contribution is -2.18. The van der Waals surface area contributed by atoms with Crippen molar-refractivity contribution in [2.45, 2.75) is 49.6 Å². The van der Waals surface area contributed by atoms with Gasteiger partial charge in [-0.1, -0.05) is 31.2 Å². The maximum absolute atomic E-state index is 12.4.